The van der Waals surface area contributed by atoms with Crippen molar-refractivity contribution in [1.29, 1.82) is 0 Å². The van der Waals surface area contributed by atoms with E-state index in [-0.39, 0.29) is 17.4 Å². The van der Waals surface area contributed by atoms with E-state index in [0.717, 1.165) is 39.0 Å². The van der Waals surface area contributed by atoms with Crippen LogP contribution in [-0.4, -0.2) is 41.9 Å². The number of carbonyl (C=O) groups excluding carboxylic acids is 1. The Labute approximate surface area is 138 Å². The molecule has 2 aliphatic rings. The number of nitrogens with zero attached hydrogens (tertiary/aromatic N) is 2. The second-order valence-corrected chi connectivity index (χ2v) is 6.81. The van der Waals surface area contributed by atoms with Crippen molar-refractivity contribution in [2.75, 3.05) is 26.2 Å². The maximum absolute atomic E-state index is 12.7. The molecule has 2 aromatic rings. The number of non-ortho nitro benzene ring substituents is 1. The van der Waals surface area contributed by atoms with Gasteiger partial charge in [0, 0.05) is 37.2 Å². The lowest BCUT2D eigenvalue weighted by molar-refractivity contribution is -0.384. The van der Waals surface area contributed by atoms with Gasteiger partial charge in [0.2, 0.25) is 0 Å². The molecule has 0 bridgehead atoms. The zero-order valence-electron chi connectivity index (χ0n) is 13.3. The van der Waals surface area contributed by atoms with Crippen molar-refractivity contribution >= 4 is 22.6 Å². The van der Waals surface area contributed by atoms with E-state index in [0.29, 0.717) is 16.4 Å². The zero-order chi connectivity index (χ0) is 16.7. The Morgan fingerprint density at radius 2 is 2.04 bits per heavy atom. The number of nitro benzene ring substituents is 1. The molecular formula is C17H19N3O4. The molecular weight excluding hydrogens is 310 g/mol. The minimum atomic E-state index is -0.451. The van der Waals surface area contributed by atoms with Crippen molar-refractivity contribution in [2.45, 2.75) is 19.3 Å². The maximum Gasteiger partial charge on any atom is 0.289 e. The SMILES string of the molecule is O=C(c1cc2cc([N+](=O)[O-])ccc2o1)N1CCC2(CCNC2)CC1. The fourth-order valence-electron chi connectivity index (χ4n) is 3.81. The van der Waals surface area contributed by atoms with Crippen LogP contribution in [0.25, 0.3) is 11.0 Å². The van der Waals surface area contributed by atoms with Crippen LogP contribution in [0.15, 0.2) is 28.7 Å². The summed E-state index contributed by atoms with van der Waals surface area (Å²) in [4.78, 5) is 24.9. The summed E-state index contributed by atoms with van der Waals surface area (Å²) in [5.41, 5.74) is 0.846. The molecule has 0 unspecified atom stereocenters. The third-order valence-corrected chi connectivity index (χ3v) is 5.36. The number of piperidine rings is 1. The van der Waals surface area contributed by atoms with E-state index in [1.807, 2.05) is 4.90 Å². The van der Waals surface area contributed by atoms with Gasteiger partial charge in [-0.25, -0.2) is 0 Å². The van der Waals surface area contributed by atoms with Crippen LogP contribution in [0.5, 0.6) is 0 Å². The Kier molecular flexibility index (Phi) is 3.53. The summed E-state index contributed by atoms with van der Waals surface area (Å²) in [6.45, 7) is 3.58. The Morgan fingerprint density at radius 1 is 1.25 bits per heavy atom. The van der Waals surface area contributed by atoms with Gasteiger partial charge in [-0.2, -0.15) is 0 Å². The molecule has 1 spiro atoms. The van der Waals surface area contributed by atoms with E-state index in [2.05, 4.69) is 5.32 Å². The quantitative estimate of drug-likeness (QED) is 0.675. The predicted octanol–water partition coefficient (Wildman–Crippen LogP) is 2.56. The first-order valence-electron chi connectivity index (χ1n) is 8.24. The molecule has 2 aliphatic heterocycles. The molecule has 1 N–H and O–H groups in total. The number of furan rings is 1. The molecule has 1 aromatic carbocycles. The third kappa shape index (κ3) is 2.54. The predicted molar refractivity (Wildman–Crippen MR) is 87.9 cm³/mol. The lowest BCUT2D eigenvalue weighted by Gasteiger charge is -2.38. The molecule has 0 radical (unpaired) electrons. The average molecular weight is 329 g/mol. The van der Waals surface area contributed by atoms with Gasteiger partial charge in [-0.3, -0.25) is 14.9 Å². The smallest absolute Gasteiger partial charge is 0.289 e. The molecule has 2 fully saturated rings. The van der Waals surface area contributed by atoms with Gasteiger partial charge >= 0.3 is 0 Å². The highest BCUT2D eigenvalue weighted by Crippen LogP contribution is 2.37. The van der Waals surface area contributed by atoms with Crippen molar-refractivity contribution in [3.8, 4) is 0 Å². The summed E-state index contributed by atoms with van der Waals surface area (Å²) < 4.78 is 5.61. The van der Waals surface area contributed by atoms with Gasteiger partial charge in [0.05, 0.1) is 4.92 Å². The topological polar surface area (TPSA) is 88.6 Å². The number of nitrogens with one attached hydrogen (secondary N) is 1. The van der Waals surface area contributed by atoms with E-state index in [4.69, 9.17) is 4.42 Å². The van der Waals surface area contributed by atoms with Gasteiger partial charge in [0.1, 0.15) is 5.58 Å². The number of hydrogen-bond donors (Lipinski definition) is 1. The summed E-state index contributed by atoms with van der Waals surface area (Å²) in [7, 11) is 0. The Hall–Kier alpha value is -2.41. The van der Waals surface area contributed by atoms with Gasteiger partial charge in [0.25, 0.3) is 11.6 Å². The zero-order valence-corrected chi connectivity index (χ0v) is 13.3. The first-order chi connectivity index (χ1) is 11.6. The average Bonchev–Trinajstić information content (AvgIpc) is 3.21. The molecule has 0 atom stereocenters. The summed E-state index contributed by atoms with van der Waals surface area (Å²) in [6.07, 6.45) is 3.21. The number of fused-ring (bicyclic) bond motifs is 1. The van der Waals surface area contributed by atoms with Crippen LogP contribution >= 0.6 is 0 Å². The summed E-state index contributed by atoms with van der Waals surface area (Å²) >= 11 is 0. The van der Waals surface area contributed by atoms with Gasteiger partial charge in [0.15, 0.2) is 5.76 Å². The highest BCUT2D eigenvalue weighted by Gasteiger charge is 2.38. The number of rotatable bonds is 2. The fraction of sp³-hybridized carbons (Fsp3) is 0.471. The van der Waals surface area contributed by atoms with Crippen LogP contribution in [0.4, 0.5) is 5.69 Å². The Balaban J connectivity index is 1.52. The van der Waals surface area contributed by atoms with Crippen LogP contribution in [0, 0.1) is 15.5 Å². The van der Waals surface area contributed by atoms with Crippen molar-refractivity contribution in [3.63, 3.8) is 0 Å². The first kappa shape index (κ1) is 15.1. The number of nitro groups is 1. The Bertz CT molecular complexity index is 797. The van der Waals surface area contributed by atoms with Crippen molar-refractivity contribution in [1.82, 2.24) is 10.2 Å². The molecule has 1 amide bonds. The summed E-state index contributed by atoms with van der Waals surface area (Å²) in [5, 5.41) is 14.8. The van der Waals surface area contributed by atoms with Crippen LogP contribution in [0.1, 0.15) is 29.8 Å². The summed E-state index contributed by atoms with van der Waals surface area (Å²) in [5.74, 6) is 0.126. The Morgan fingerprint density at radius 3 is 2.71 bits per heavy atom. The maximum atomic E-state index is 12.7. The molecule has 0 aliphatic carbocycles. The molecule has 126 valence electrons. The van der Waals surface area contributed by atoms with E-state index < -0.39 is 4.92 Å². The van der Waals surface area contributed by atoms with Crippen LogP contribution in [0.3, 0.4) is 0 Å². The molecule has 7 heteroatoms. The second kappa shape index (κ2) is 5.59. The highest BCUT2D eigenvalue weighted by molar-refractivity contribution is 5.96. The number of carbonyl (C=O) groups is 1. The van der Waals surface area contributed by atoms with E-state index >= 15 is 0 Å². The molecule has 7 nitrogen and oxygen atoms in total. The monoisotopic (exact) mass is 329 g/mol. The third-order valence-electron chi connectivity index (χ3n) is 5.36. The first-order valence-corrected chi connectivity index (χ1v) is 8.24. The van der Waals surface area contributed by atoms with Crippen LogP contribution in [-0.2, 0) is 0 Å². The van der Waals surface area contributed by atoms with Gasteiger partial charge in [-0.15, -0.1) is 0 Å². The van der Waals surface area contributed by atoms with Crippen LogP contribution < -0.4 is 5.32 Å². The number of hydrogen-bond acceptors (Lipinski definition) is 5. The van der Waals surface area contributed by atoms with Gasteiger partial charge < -0.3 is 14.6 Å². The highest BCUT2D eigenvalue weighted by atomic mass is 16.6. The fourth-order valence-corrected chi connectivity index (χ4v) is 3.81. The molecule has 24 heavy (non-hydrogen) atoms. The molecule has 3 heterocycles. The van der Waals surface area contributed by atoms with E-state index in [1.165, 1.54) is 18.6 Å². The van der Waals surface area contributed by atoms with Crippen LogP contribution in [0.2, 0.25) is 0 Å². The lowest BCUT2D eigenvalue weighted by atomic mass is 9.78. The standard InChI is InChI=1S/C17H19N3O4/c21-16(19-7-4-17(5-8-19)3-6-18-11-17)15-10-12-9-13(20(22)23)1-2-14(12)24-15/h1-2,9-10,18H,3-8,11H2. The largest absolute Gasteiger partial charge is 0.451 e. The molecule has 1 aromatic heterocycles. The minimum absolute atomic E-state index is 0.00375. The number of likely N-dealkylation sites (tertiary alicyclic amines) is 1. The summed E-state index contributed by atoms with van der Waals surface area (Å²) in [6, 6.07) is 5.97. The lowest BCUT2D eigenvalue weighted by Crippen LogP contribution is -2.43. The molecule has 4 rings (SSSR count). The molecule has 2 saturated heterocycles. The molecule has 0 saturated carbocycles. The van der Waals surface area contributed by atoms with Gasteiger partial charge in [-0.1, -0.05) is 0 Å². The number of benzene rings is 1. The van der Waals surface area contributed by atoms with Crippen molar-refractivity contribution in [2.24, 2.45) is 5.41 Å². The van der Waals surface area contributed by atoms with E-state index in [1.54, 1.807) is 12.1 Å². The van der Waals surface area contributed by atoms with E-state index in [9.17, 15) is 14.9 Å². The van der Waals surface area contributed by atoms with Gasteiger partial charge in [-0.05, 0) is 43.4 Å². The minimum Gasteiger partial charge on any atom is -0.451 e. The van der Waals surface area contributed by atoms with Crippen molar-refractivity contribution in [3.05, 3.63) is 40.1 Å². The normalized spacial score (nSPS) is 19.9. The number of amides is 1. The second-order valence-electron chi connectivity index (χ2n) is 6.81. The van der Waals surface area contributed by atoms with Crippen molar-refractivity contribution < 1.29 is 14.1 Å².